The lowest BCUT2D eigenvalue weighted by atomic mass is 9.90. The molecule has 1 N–H and O–H groups in total. The van der Waals surface area contributed by atoms with Crippen molar-refractivity contribution in [1.82, 2.24) is 9.88 Å². The van der Waals surface area contributed by atoms with Crippen molar-refractivity contribution in [2.75, 3.05) is 13.1 Å². The zero-order valence-corrected chi connectivity index (χ0v) is 11.4. The Labute approximate surface area is 119 Å². The second kappa shape index (κ2) is 5.33. The maximum Gasteiger partial charge on any atom is 0.406 e. The molecule has 1 saturated heterocycles. The van der Waals surface area contributed by atoms with Gasteiger partial charge < -0.3 is 9.88 Å². The third-order valence-corrected chi connectivity index (χ3v) is 4.00. The van der Waals surface area contributed by atoms with Gasteiger partial charge in [-0.15, -0.1) is 0 Å². The molecule has 0 radical (unpaired) electrons. The molecule has 1 aliphatic rings. The van der Waals surface area contributed by atoms with E-state index in [4.69, 9.17) is 0 Å². The van der Waals surface area contributed by atoms with Crippen LogP contribution in [0.4, 0.5) is 17.6 Å². The summed E-state index contributed by atoms with van der Waals surface area (Å²) in [7, 11) is 0. The van der Waals surface area contributed by atoms with Crippen molar-refractivity contribution in [3.05, 3.63) is 35.8 Å². The van der Waals surface area contributed by atoms with Gasteiger partial charge in [-0.25, -0.2) is 4.39 Å². The van der Waals surface area contributed by atoms with Crippen molar-refractivity contribution in [2.45, 2.75) is 31.5 Å². The Hall–Kier alpha value is -1.56. The van der Waals surface area contributed by atoms with Crippen molar-refractivity contribution in [2.24, 2.45) is 0 Å². The third kappa shape index (κ3) is 3.05. The molecule has 1 aromatic carbocycles. The molecule has 0 amide bonds. The number of fused-ring (bicyclic) bond motifs is 1. The van der Waals surface area contributed by atoms with Crippen LogP contribution in [0.5, 0.6) is 0 Å². The van der Waals surface area contributed by atoms with Gasteiger partial charge in [-0.2, -0.15) is 13.2 Å². The van der Waals surface area contributed by atoms with E-state index in [-0.39, 0.29) is 5.92 Å². The van der Waals surface area contributed by atoms with E-state index in [1.807, 2.05) is 0 Å². The van der Waals surface area contributed by atoms with Gasteiger partial charge >= 0.3 is 6.18 Å². The van der Waals surface area contributed by atoms with Crippen LogP contribution in [-0.2, 0) is 6.54 Å². The van der Waals surface area contributed by atoms with Gasteiger partial charge in [-0.3, -0.25) is 0 Å². The number of benzene rings is 1. The molecule has 0 saturated carbocycles. The van der Waals surface area contributed by atoms with E-state index in [0.717, 1.165) is 31.5 Å². The van der Waals surface area contributed by atoms with Gasteiger partial charge in [0.25, 0.3) is 0 Å². The van der Waals surface area contributed by atoms with Gasteiger partial charge in [0.05, 0.1) is 0 Å². The van der Waals surface area contributed by atoms with Crippen molar-refractivity contribution in [1.29, 1.82) is 0 Å². The number of hydrogen-bond donors (Lipinski definition) is 1. The largest absolute Gasteiger partial charge is 0.406 e. The first-order chi connectivity index (χ1) is 9.94. The predicted octanol–water partition coefficient (Wildman–Crippen LogP) is 3.81. The average molecular weight is 300 g/mol. The van der Waals surface area contributed by atoms with Gasteiger partial charge in [-0.1, -0.05) is 0 Å². The van der Waals surface area contributed by atoms with Gasteiger partial charge in [0.2, 0.25) is 0 Å². The van der Waals surface area contributed by atoms with Gasteiger partial charge in [-0.05, 0) is 55.6 Å². The zero-order valence-electron chi connectivity index (χ0n) is 11.4. The molecular weight excluding hydrogens is 284 g/mol. The van der Waals surface area contributed by atoms with Crippen molar-refractivity contribution in [3.8, 4) is 0 Å². The molecule has 1 aromatic heterocycles. The second-order valence-electron chi connectivity index (χ2n) is 5.51. The minimum Gasteiger partial charge on any atom is -0.338 e. The number of hydrogen-bond acceptors (Lipinski definition) is 1. The summed E-state index contributed by atoms with van der Waals surface area (Å²) in [5.41, 5.74) is 1.28. The summed E-state index contributed by atoms with van der Waals surface area (Å²) in [6.07, 6.45) is -1.01. The zero-order chi connectivity index (χ0) is 15.0. The molecule has 2 heterocycles. The number of nitrogens with one attached hydrogen (secondary N) is 1. The highest BCUT2D eigenvalue weighted by Gasteiger charge is 2.30. The van der Waals surface area contributed by atoms with E-state index in [2.05, 4.69) is 5.32 Å². The molecule has 0 unspecified atom stereocenters. The summed E-state index contributed by atoms with van der Waals surface area (Å²) in [6.45, 7) is 0.637. The maximum absolute atomic E-state index is 13.5. The summed E-state index contributed by atoms with van der Waals surface area (Å²) in [5, 5.41) is 3.83. The fourth-order valence-electron chi connectivity index (χ4n) is 3.08. The summed E-state index contributed by atoms with van der Waals surface area (Å²) in [5.74, 6) is -0.229. The van der Waals surface area contributed by atoms with Gasteiger partial charge in [0.15, 0.2) is 0 Å². The number of alkyl halides is 3. The summed E-state index contributed by atoms with van der Waals surface area (Å²) in [4.78, 5) is 0. The normalized spacial score (nSPS) is 17.5. The highest BCUT2D eigenvalue weighted by molar-refractivity contribution is 5.84. The molecule has 0 aliphatic carbocycles. The quantitative estimate of drug-likeness (QED) is 0.835. The van der Waals surface area contributed by atoms with E-state index >= 15 is 0 Å². The minimum atomic E-state index is -4.29. The van der Waals surface area contributed by atoms with Crippen LogP contribution in [-0.4, -0.2) is 23.8 Å². The molecule has 2 nitrogen and oxygen atoms in total. The van der Waals surface area contributed by atoms with Crippen LogP contribution in [0, 0.1) is 5.82 Å². The van der Waals surface area contributed by atoms with Crippen LogP contribution < -0.4 is 5.32 Å². The Bertz CT molecular complexity index is 639. The molecule has 21 heavy (non-hydrogen) atoms. The van der Waals surface area contributed by atoms with Crippen LogP contribution in [0.15, 0.2) is 24.4 Å². The molecule has 2 aromatic rings. The lowest BCUT2D eigenvalue weighted by molar-refractivity contribution is -0.139. The monoisotopic (exact) mass is 300 g/mol. The molecule has 1 aliphatic heterocycles. The first kappa shape index (κ1) is 14.4. The van der Waals surface area contributed by atoms with E-state index in [0.29, 0.717) is 10.9 Å². The van der Waals surface area contributed by atoms with Gasteiger partial charge in [0.1, 0.15) is 12.4 Å². The number of piperidine rings is 1. The molecule has 0 bridgehead atoms. The fourth-order valence-corrected chi connectivity index (χ4v) is 3.08. The average Bonchev–Trinajstić information content (AvgIpc) is 2.76. The van der Waals surface area contributed by atoms with Crippen LogP contribution >= 0.6 is 0 Å². The molecule has 3 rings (SSSR count). The third-order valence-electron chi connectivity index (χ3n) is 4.00. The Morgan fingerprint density at radius 1 is 1.19 bits per heavy atom. The molecule has 1 fully saturated rings. The van der Waals surface area contributed by atoms with Crippen molar-refractivity contribution < 1.29 is 17.6 Å². The molecule has 0 atom stereocenters. The highest BCUT2D eigenvalue weighted by Crippen LogP contribution is 2.34. The van der Waals surface area contributed by atoms with Crippen molar-refractivity contribution >= 4 is 10.9 Å². The SMILES string of the molecule is Fc1ccc2c(c1)c(C1CCNCC1)cn2CC(F)(F)F. The minimum absolute atomic E-state index is 0.185. The Morgan fingerprint density at radius 3 is 2.57 bits per heavy atom. The molecule has 6 heteroatoms. The summed E-state index contributed by atoms with van der Waals surface area (Å²) in [6, 6.07) is 3.99. The molecule has 0 spiro atoms. The number of halogens is 4. The van der Waals surface area contributed by atoms with Crippen LogP contribution in [0.2, 0.25) is 0 Å². The fraction of sp³-hybridized carbons (Fsp3) is 0.467. The van der Waals surface area contributed by atoms with E-state index in [9.17, 15) is 17.6 Å². The standard InChI is InChI=1S/C15H16F4N2/c16-11-1-2-14-12(7-11)13(10-3-5-20-6-4-10)8-21(14)9-15(17,18)19/h1-2,7-8,10,20H,3-6,9H2. The van der Waals surface area contributed by atoms with Crippen LogP contribution in [0.1, 0.15) is 24.3 Å². The lowest BCUT2D eigenvalue weighted by Crippen LogP contribution is -2.26. The van der Waals surface area contributed by atoms with Crippen LogP contribution in [0.3, 0.4) is 0 Å². The maximum atomic E-state index is 13.5. The number of rotatable bonds is 2. The second-order valence-corrected chi connectivity index (χ2v) is 5.51. The summed E-state index contributed by atoms with van der Waals surface area (Å²) < 4.78 is 52.8. The van der Waals surface area contributed by atoms with E-state index < -0.39 is 18.5 Å². The first-order valence-electron chi connectivity index (χ1n) is 7.00. The Kier molecular flexibility index (Phi) is 3.65. The number of nitrogens with zero attached hydrogens (tertiary/aromatic N) is 1. The molecule has 114 valence electrons. The first-order valence-corrected chi connectivity index (χ1v) is 7.00. The highest BCUT2D eigenvalue weighted by atomic mass is 19.4. The predicted molar refractivity (Wildman–Crippen MR) is 72.8 cm³/mol. The van der Waals surface area contributed by atoms with E-state index in [1.54, 1.807) is 6.20 Å². The topological polar surface area (TPSA) is 17.0 Å². The Morgan fingerprint density at radius 2 is 1.90 bits per heavy atom. The molecular formula is C15H16F4N2. The van der Waals surface area contributed by atoms with Crippen molar-refractivity contribution in [3.63, 3.8) is 0 Å². The summed E-state index contributed by atoms with van der Waals surface area (Å²) >= 11 is 0. The van der Waals surface area contributed by atoms with Crippen LogP contribution in [0.25, 0.3) is 10.9 Å². The van der Waals surface area contributed by atoms with E-state index in [1.165, 1.54) is 22.8 Å². The lowest BCUT2D eigenvalue weighted by Gasteiger charge is -2.22. The smallest absolute Gasteiger partial charge is 0.338 e. The Balaban J connectivity index is 2.08. The van der Waals surface area contributed by atoms with Gasteiger partial charge in [0, 0.05) is 17.1 Å². The number of aromatic nitrogens is 1.